The minimum Gasteiger partial charge on any atom is -0.374 e. The molecule has 0 aliphatic heterocycles. The van der Waals surface area contributed by atoms with Crippen LogP contribution in [0.1, 0.15) is 18.7 Å². The molecule has 0 aliphatic rings. The van der Waals surface area contributed by atoms with Crippen LogP contribution in [0.4, 0.5) is 0 Å². The van der Waals surface area contributed by atoms with E-state index >= 15 is 0 Å². The normalized spacial score (nSPS) is 12.9. The summed E-state index contributed by atoms with van der Waals surface area (Å²) in [4.78, 5) is 0. The van der Waals surface area contributed by atoms with Crippen molar-refractivity contribution >= 4 is 0 Å². The highest BCUT2D eigenvalue weighted by Gasteiger charge is 2.01. The van der Waals surface area contributed by atoms with Gasteiger partial charge in [-0.2, -0.15) is 0 Å². The Labute approximate surface area is 66.9 Å². The van der Waals surface area contributed by atoms with Gasteiger partial charge >= 0.3 is 0 Å². The van der Waals surface area contributed by atoms with Gasteiger partial charge < -0.3 is 5.11 Å². The standard InChI is InChI=1S/C9H12NO/c1-2-10-9(11)8-6-4-3-5-7-8/h4-7,9-11H,2H2,1H3. The molecule has 1 aromatic carbocycles. The second kappa shape index (κ2) is 4.11. The van der Waals surface area contributed by atoms with Gasteiger partial charge in [-0.1, -0.05) is 31.2 Å². The molecule has 11 heavy (non-hydrogen) atoms. The first-order valence-electron chi connectivity index (χ1n) is 3.72. The summed E-state index contributed by atoms with van der Waals surface area (Å²) in [5.74, 6) is 0. The Morgan fingerprint density at radius 3 is 2.73 bits per heavy atom. The largest absolute Gasteiger partial charge is 0.374 e. The lowest BCUT2D eigenvalue weighted by Crippen LogP contribution is -2.19. The molecule has 1 aromatic rings. The Kier molecular flexibility index (Phi) is 3.08. The SMILES string of the molecule is CCNC(O)c1cc[c]cc1. The van der Waals surface area contributed by atoms with E-state index < -0.39 is 6.23 Å². The lowest BCUT2D eigenvalue weighted by molar-refractivity contribution is 0.142. The lowest BCUT2D eigenvalue weighted by atomic mass is 10.2. The molecule has 0 saturated heterocycles. The third-order valence-electron chi connectivity index (χ3n) is 1.46. The highest BCUT2D eigenvalue weighted by molar-refractivity contribution is 5.15. The summed E-state index contributed by atoms with van der Waals surface area (Å²) in [7, 11) is 0. The Morgan fingerprint density at radius 1 is 1.55 bits per heavy atom. The maximum Gasteiger partial charge on any atom is 0.131 e. The Morgan fingerprint density at radius 2 is 2.18 bits per heavy atom. The monoisotopic (exact) mass is 150 g/mol. The molecule has 2 N–H and O–H groups in total. The number of benzene rings is 1. The fourth-order valence-corrected chi connectivity index (χ4v) is 0.893. The van der Waals surface area contributed by atoms with Gasteiger partial charge in [0.2, 0.25) is 0 Å². The predicted octanol–water partition coefficient (Wildman–Crippen LogP) is 1.09. The molecule has 0 saturated carbocycles. The average Bonchev–Trinajstić information content (AvgIpc) is 2.07. The van der Waals surface area contributed by atoms with E-state index in [1.54, 1.807) is 12.1 Å². The van der Waals surface area contributed by atoms with Gasteiger partial charge in [-0.3, -0.25) is 5.32 Å². The Hall–Kier alpha value is -0.860. The van der Waals surface area contributed by atoms with Crippen molar-refractivity contribution in [1.82, 2.24) is 5.32 Å². The zero-order valence-electron chi connectivity index (χ0n) is 6.54. The molecule has 2 heteroatoms. The lowest BCUT2D eigenvalue weighted by Gasteiger charge is -2.10. The van der Waals surface area contributed by atoms with Gasteiger partial charge in [0.15, 0.2) is 0 Å². The topological polar surface area (TPSA) is 32.3 Å². The van der Waals surface area contributed by atoms with Crippen LogP contribution in [0.3, 0.4) is 0 Å². The molecule has 0 spiro atoms. The van der Waals surface area contributed by atoms with Crippen LogP contribution in [-0.4, -0.2) is 11.7 Å². The van der Waals surface area contributed by atoms with Crippen molar-refractivity contribution in [2.45, 2.75) is 13.2 Å². The zero-order chi connectivity index (χ0) is 8.10. The van der Waals surface area contributed by atoms with Crippen molar-refractivity contribution in [1.29, 1.82) is 0 Å². The molecule has 0 amide bonds. The van der Waals surface area contributed by atoms with Crippen molar-refractivity contribution in [3.63, 3.8) is 0 Å². The zero-order valence-corrected chi connectivity index (χ0v) is 6.54. The first kappa shape index (κ1) is 8.24. The maximum atomic E-state index is 9.40. The minimum absolute atomic E-state index is 0.547. The molecule has 59 valence electrons. The first-order chi connectivity index (χ1) is 5.34. The molecule has 0 aromatic heterocycles. The molecule has 0 fully saturated rings. The molecule has 0 aliphatic carbocycles. The van der Waals surface area contributed by atoms with E-state index in [0.29, 0.717) is 0 Å². The average molecular weight is 150 g/mol. The van der Waals surface area contributed by atoms with E-state index in [1.165, 1.54) is 0 Å². The van der Waals surface area contributed by atoms with E-state index in [2.05, 4.69) is 11.4 Å². The number of hydrogen-bond donors (Lipinski definition) is 2. The highest BCUT2D eigenvalue weighted by atomic mass is 16.3. The Bertz CT molecular complexity index is 198. The van der Waals surface area contributed by atoms with E-state index in [1.807, 2.05) is 19.1 Å². The maximum absolute atomic E-state index is 9.40. The summed E-state index contributed by atoms with van der Waals surface area (Å²) in [6.45, 7) is 2.72. The number of rotatable bonds is 3. The van der Waals surface area contributed by atoms with Crippen molar-refractivity contribution in [3.8, 4) is 0 Å². The molecular formula is C9H12NO. The molecule has 1 unspecified atom stereocenters. The molecule has 1 atom stereocenters. The highest BCUT2D eigenvalue weighted by Crippen LogP contribution is 2.07. The van der Waals surface area contributed by atoms with Crippen LogP contribution >= 0.6 is 0 Å². The molecule has 0 bridgehead atoms. The van der Waals surface area contributed by atoms with Crippen LogP contribution in [-0.2, 0) is 0 Å². The van der Waals surface area contributed by atoms with Crippen LogP contribution < -0.4 is 5.32 Å². The summed E-state index contributed by atoms with van der Waals surface area (Å²) in [6.07, 6.45) is -0.547. The Balaban J connectivity index is 2.61. The van der Waals surface area contributed by atoms with E-state index in [-0.39, 0.29) is 0 Å². The van der Waals surface area contributed by atoms with Crippen LogP contribution in [0.5, 0.6) is 0 Å². The van der Waals surface area contributed by atoms with E-state index in [4.69, 9.17) is 0 Å². The summed E-state index contributed by atoms with van der Waals surface area (Å²) in [6, 6.07) is 10.1. The summed E-state index contributed by atoms with van der Waals surface area (Å²) >= 11 is 0. The second-order valence-corrected chi connectivity index (χ2v) is 2.29. The molecule has 0 heterocycles. The third-order valence-corrected chi connectivity index (χ3v) is 1.46. The van der Waals surface area contributed by atoms with Gasteiger partial charge in [-0.25, -0.2) is 0 Å². The second-order valence-electron chi connectivity index (χ2n) is 2.29. The fraction of sp³-hybridized carbons (Fsp3) is 0.333. The van der Waals surface area contributed by atoms with Crippen LogP contribution in [0.15, 0.2) is 24.3 Å². The number of aliphatic hydroxyl groups is 1. The van der Waals surface area contributed by atoms with Gasteiger partial charge in [0, 0.05) is 0 Å². The van der Waals surface area contributed by atoms with Crippen molar-refractivity contribution in [3.05, 3.63) is 35.9 Å². The fourth-order valence-electron chi connectivity index (χ4n) is 0.893. The number of aliphatic hydroxyl groups excluding tert-OH is 1. The predicted molar refractivity (Wildman–Crippen MR) is 43.9 cm³/mol. The van der Waals surface area contributed by atoms with Crippen molar-refractivity contribution < 1.29 is 5.11 Å². The van der Waals surface area contributed by atoms with Gasteiger partial charge in [-0.15, -0.1) is 0 Å². The van der Waals surface area contributed by atoms with Gasteiger partial charge in [-0.05, 0) is 18.2 Å². The molecule has 2 nitrogen and oxygen atoms in total. The molecular weight excluding hydrogens is 138 g/mol. The van der Waals surface area contributed by atoms with Crippen LogP contribution in [0, 0.1) is 6.07 Å². The minimum atomic E-state index is -0.547. The van der Waals surface area contributed by atoms with Crippen molar-refractivity contribution in [2.24, 2.45) is 0 Å². The van der Waals surface area contributed by atoms with Gasteiger partial charge in [0.25, 0.3) is 0 Å². The quantitative estimate of drug-likeness (QED) is 0.632. The van der Waals surface area contributed by atoms with Crippen molar-refractivity contribution in [2.75, 3.05) is 6.54 Å². The first-order valence-corrected chi connectivity index (χ1v) is 3.72. The summed E-state index contributed by atoms with van der Waals surface area (Å²) in [5, 5.41) is 12.3. The summed E-state index contributed by atoms with van der Waals surface area (Å²) in [5.41, 5.74) is 0.880. The summed E-state index contributed by atoms with van der Waals surface area (Å²) < 4.78 is 0. The number of hydrogen-bond acceptors (Lipinski definition) is 2. The molecule has 1 rings (SSSR count). The van der Waals surface area contributed by atoms with E-state index in [9.17, 15) is 5.11 Å². The van der Waals surface area contributed by atoms with Crippen LogP contribution in [0.25, 0.3) is 0 Å². The van der Waals surface area contributed by atoms with E-state index in [0.717, 1.165) is 12.1 Å². The number of nitrogens with one attached hydrogen (secondary N) is 1. The third kappa shape index (κ3) is 2.33. The van der Waals surface area contributed by atoms with Crippen LogP contribution in [0.2, 0.25) is 0 Å². The van der Waals surface area contributed by atoms with Gasteiger partial charge in [0.05, 0.1) is 0 Å². The van der Waals surface area contributed by atoms with Gasteiger partial charge in [0.1, 0.15) is 6.23 Å². The smallest absolute Gasteiger partial charge is 0.131 e. The molecule has 1 radical (unpaired) electrons.